The fraction of sp³-hybridized carbons (Fsp3) is 0.588. The van der Waals surface area contributed by atoms with Crippen molar-refractivity contribution in [3.05, 3.63) is 44.8 Å². The van der Waals surface area contributed by atoms with E-state index >= 15 is 0 Å². The van der Waals surface area contributed by atoms with Crippen LogP contribution in [0.15, 0.2) is 22.4 Å². The Hall–Kier alpha value is -1.57. The van der Waals surface area contributed by atoms with Crippen LogP contribution in [0, 0.1) is 0 Å². The Morgan fingerprint density at radius 2 is 1.92 bits per heavy atom. The minimum atomic E-state index is 0.0549. The van der Waals surface area contributed by atoms with E-state index in [0.29, 0.717) is 6.54 Å². The molecule has 0 saturated carbocycles. The predicted molar refractivity (Wildman–Crippen MR) is 94.4 cm³/mol. The van der Waals surface area contributed by atoms with Crippen LogP contribution < -0.4 is 5.56 Å². The van der Waals surface area contributed by atoms with E-state index in [1.165, 1.54) is 17.1 Å². The van der Waals surface area contributed by atoms with Crippen LogP contribution in [0.2, 0.25) is 0 Å². The zero-order valence-corrected chi connectivity index (χ0v) is 14.7. The maximum atomic E-state index is 12.2. The lowest BCUT2D eigenvalue weighted by atomic mass is 10.2. The number of aryl methyl sites for hydroxylation is 2. The Morgan fingerprint density at radius 1 is 1.08 bits per heavy atom. The van der Waals surface area contributed by atoms with Crippen LogP contribution >= 0.6 is 11.5 Å². The summed E-state index contributed by atoms with van der Waals surface area (Å²) >= 11 is 1.52. The molecule has 7 heteroatoms. The van der Waals surface area contributed by atoms with Gasteiger partial charge in [0.1, 0.15) is 0 Å². The number of aromatic nitrogens is 3. The van der Waals surface area contributed by atoms with Crippen molar-refractivity contribution in [3.63, 3.8) is 0 Å². The smallest absolute Gasteiger partial charge is 0.267 e. The molecule has 2 aliphatic rings. The van der Waals surface area contributed by atoms with E-state index in [9.17, 15) is 4.79 Å². The first-order chi connectivity index (χ1) is 11.8. The van der Waals surface area contributed by atoms with Crippen molar-refractivity contribution in [1.82, 2.24) is 24.0 Å². The molecule has 128 valence electrons. The molecule has 2 aromatic rings. The van der Waals surface area contributed by atoms with Gasteiger partial charge >= 0.3 is 0 Å². The van der Waals surface area contributed by atoms with Crippen molar-refractivity contribution >= 4 is 11.5 Å². The Bertz CT molecular complexity index is 734. The van der Waals surface area contributed by atoms with Crippen LogP contribution in [0.5, 0.6) is 0 Å². The van der Waals surface area contributed by atoms with Crippen LogP contribution in [0.25, 0.3) is 0 Å². The minimum Gasteiger partial charge on any atom is -0.299 e. The lowest BCUT2D eigenvalue weighted by Crippen LogP contribution is -2.47. The summed E-state index contributed by atoms with van der Waals surface area (Å²) in [4.78, 5) is 17.1. The molecule has 1 aliphatic carbocycles. The van der Waals surface area contributed by atoms with E-state index in [4.69, 9.17) is 0 Å². The SMILES string of the molecule is O=c1cc2c(nn1CCN1CCN(Cc3cnsc3)CC1)CCC2. The zero-order valence-electron chi connectivity index (χ0n) is 13.9. The van der Waals surface area contributed by atoms with Crippen LogP contribution in [0.4, 0.5) is 0 Å². The van der Waals surface area contributed by atoms with E-state index in [-0.39, 0.29) is 5.56 Å². The highest BCUT2D eigenvalue weighted by atomic mass is 32.1. The van der Waals surface area contributed by atoms with Gasteiger partial charge < -0.3 is 0 Å². The minimum absolute atomic E-state index is 0.0549. The fourth-order valence-electron chi connectivity index (χ4n) is 3.57. The second-order valence-corrected chi connectivity index (χ2v) is 7.34. The topological polar surface area (TPSA) is 54.3 Å². The highest BCUT2D eigenvalue weighted by molar-refractivity contribution is 7.03. The summed E-state index contributed by atoms with van der Waals surface area (Å²) in [7, 11) is 0. The van der Waals surface area contributed by atoms with Gasteiger partial charge in [0.15, 0.2) is 0 Å². The molecule has 2 aromatic heterocycles. The maximum absolute atomic E-state index is 12.2. The maximum Gasteiger partial charge on any atom is 0.267 e. The van der Waals surface area contributed by atoms with E-state index in [2.05, 4.69) is 24.7 Å². The molecular formula is C17H23N5OS. The number of fused-ring (bicyclic) bond motifs is 1. The third kappa shape index (κ3) is 3.58. The van der Waals surface area contributed by atoms with Crippen molar-refractivity contribution in [3.8, 4) is 0 Å². The number of hydrogen-bond acceptors (Lipinski definition) is 6. The molecule has 0 unspecified atom stereocenters. The van der Waals surface area contributed by atoms with E-state index in [0.717, 1.165) is 69.8 Å². The third-order valence-electron chi connectivity index (χ3n) is 5.01. The fourth-order valence-corrected chi connectivity index (χ4v) is 4.10. The molecule has 0 N–H and O–H groups in total. The van der Waals surface area contributed by atoms with Gasteiger partial charge in [0, 0.05) is 56.9 Å². The normalized spacial score (nSPS) is 18.8. The molecule has 3 heterocycles. The predicted octanol–water partition coefficient (Wildman–Crippen LogP) is 1.01. The summed E-state index contributed by atoms with van der Waals surface area (Å²) in [6.07, 6.45) is 5.13. The molecule has 1 saturated heterocycles. The van der Waals surface area contributed by atoms with Crippen molar-refractivity contribution in [1.29, 1.82) is 0 Å². The standard InChI is InChI=1S/C17H23N5OS/c23-17-10-15-2-1-3-16(15)19-22(17)9-8-20-4-6-21(7-5-20)12-14-11-18-24-13-14/h10-11,13H,1-9,12H2. The number of piperazine rings is 1. The number of rotatable bonds is 5. The summed E-state index contributed by atoms with van der Waals surface area (Å²) in [5, 5.41) is 6.69. The first kappa shape index (κ1) is 15.9. The van der Waals surface area contributed by atoms with Crippen molar-refractivity contribution in [2.75, 3.05) is 32.7 Å². The molecule has 1 fully saturated rings. The summed E-state index contributed by atoms with van der Waals surface area (Å²) in [6.45, 7) is 6.84. The van der Waals surface area contributed by atoms with Crippen LogP contribution in [0.3, 0.4) is 0 Å². The van der Waals surface area contributed by atoms with Gasteiger partial charge in [-0.2, -0.15) is 5.10 Å². The first-order valence-corrected chi connectivity index (χ1v) is 9.54. The lowest BCUT2D eigenvalue weighted by Gasteiger charge is -2.34. The molecular weight excluding hydrogens is 322 g/mol. The zero-order chi connectivity index (χ0) is 16.4. The summed E-state index contributed by atoms with van der Waals surface area (Å²) in [6, 6.07) is 1.79. The average Bonchev–Trinajstić information content (AvgIpc) is 3.25. The molecule has 0 radical (unpaired) electrons. The van der Waals surface area contributed by atoms with Gasteiger partial charge in [-0.1, -0.05) is 0 Å². The van der Waals surface area contributed by atoms with Gasteiger partial charge in [-0.3, -0.25) is 14.6 Å². The average molecular weight is 345 g/mol. The summed E-state index contributed by atoms with van der Waals surface area (Å²) in [5.41, 5.74) is 3.65. The van der Waals surface area contributed by atoms with Gasteiger partial charge in [-0.25, -0.2) is 9.06 Å². The van der Waals surface area contributed by atoms with Crippen LogP contribution in [-0.2, 0) is 25.9 Å². The van der Waals surface area contributed by atoms with Gasteiger partial charge in [-0.15, -0.1) is 0 Å². The molecule has 24 heavy (non-hydrogen) atoms. The van der Waals surface area contributed by atoms with Crippen molar-refractivity contribution < 1.29 is 0 Å². The third-order valence-corrected chi connectivity index (χ3v) is 5.64. The second kappa shape index (κ2) is 7.13. The molecule has 0 spiro atoms. The highest BCUT2D eigenvalue weighted by Crippen LogP contribution is 2.17. The van der Waals surface area contributed by atoms with Gasteiger partial charge in [0.25, 0.3) is 5.56 Å². The molecule has 0 bridgehead atoms. The Balaban J connectivity index is 1.28. The molecule has 0 atom stereocenters. The number of nitrogens with zero attached hydrogens (tertiary/aromatic N) is 5. The lowest BCUT2D eigenvalue weighted by molar-refractivity contribution is 0.122. The Kier molecular flexibility index (Phi) is 4.73. The van der Waals surface area contributed by atoms with Gasteiger partial charge in [0.2, 0.25) is 0 Å². The quantitative estimate of drug-likeness (QED) is 0.809. The first-order valence-electron chi connectivity index (χ1n) is 8.71. The largest absolute Gasteiger partial charge is 0.299 e. The summed E-state index contributed by atoms with van der Waals surface area (Å²) in [5.74, 6) is 0. The van der Waals surface area contributed by atoms with E-state index in [1.807, 2.05) is 6.20 Å². The van der Waals surface area contributed by atoms with E-state index < -0.39 is 0 Å². The number of hydrogen-bond donors (Lipinski definition) is 0. The Morgan fingerprint density at radius 3 is 2.71 bits per heavy atom. The molecule has 4 rings (SSSR count). The van der Waals surface area contributed by atoms with Crippen LogP contribution in [0.1, 0.15) is 23.2 Å². The van der Waals surface area contributed by atoms with Crippen molar-refractivity contribution in [2.24, 2.45) is 0 Å². The van der Waals surface area contributed by atoms with Crippen molar-refractivity contribution in [2.45, 2.75) is 32.4 Å². The highest BCUT2D eigenvalue weighted by Gasteiger charge is 2.18. The van der Waals surface area contributed by atoms with E-state index in [1.54, 1.807) is 10.7 Å². The van der Waals surface area contributed by atoms with Gasteiger partial charge in [-0.05, 0) is 41.9 Å². The molecule has 1 aliphatic heterocycles. The molecule has 0 amide bonds. The Labute approximate surface area is 145 Å². The molecule has 6 nitrogen and oxygen atoms in total. The second-order valence-electron chi connectivity index (χ2n) is 6.68. The van der Waals surface area contributed by atoms with Gasteiger partial charge in [0.05, 0.1) is 12.2 Å². The monoisotopic (exact) mass is 345 g/mol. The molecule has 0 aromatic carbocycles. The van der Waals surface area contributed by atoms with Crippen LogP contribution in [-0.4, -0.2) is 56.7 Å². The summed E-state index contributed by atoms with van der Waals surface area (Å²) < 4.78 is 5.82.